The number of hydrogen-bond acceptors (Lipinski definition) is 2. The van der Waals surface area contributed by atoms with Crippen molar-refractivity contribution in [2.75, 3.05) is 0 Å². The van der Waals surface area contributed by atoms with E-state index in [0.717, 1.165) is 28.1 Å². The zero-order valence-electron chi connectivity index (χ0n) is 9.34. The lowest BCUT2D eigenvalue weighted by molar-refractivity contribution is 0.888. The summed E-state index contributed by atoms with van der Waals surface area (Å²) in [6, 6.07) is 0. The van der Waals surface area contributed by atoms with E-state index in [4.69, 9.17) is 1.37 Å². The van der Waals surface area contributed by atoms with Gasteiger partial charge >= 0.3 is 0 Å². The Morgan fingerprint density at radius 1 is 1.31 bits per heavy atom. The molecule has 68 valence electrons. The number of nitrogens with zero attached hydrogens (tertiary/aromatic N) is 3. The quantitative estimate of drug-likeness (QED) is 0.613. The van der Waals surface area contributed by atoms with Gasteiger partial charge in [0.15, 0.2) is 0 Å². The van der Waals surface area contributed by atoms with Crippen molar-refractivity contribution in [2.24, 2.45) is 7.05 Å². The first kappa shape index (κ1) is 7.06. The largest absolute Gasteiger partial charge is 0.352 e. The highest BCUT2D eigenvalue weighted by molar-refractivity contribution is 5.83. The summed E-state index contributed by atoms with van der Waals surface area (Å²) < 4.78 is 9.71. The minimum atomic E-state index is 0.464. The maximum absolute atomic E-state index is 7.88. The van der Waals surface area contributed by atoms with E-state index in [1.165, 1.54) is 0 Å². The van der Waals surface area contributed by atoms with Crippen LogP contribution in [0.25, 0.3) is 10.9 Å². The van der Waals surface area contributed by atoms with E-state index in [2.05, 4.69) is 9.97 Å². The van der Waals surface area contributed by atoms with Crippen LogP contribution in [0.2, 0.25) is 0 Å². The summed E-state index contributed by atoms with van der Waals surface area (Å²) in [7, 11) is 1.88. The summed E-state index contributed by atoms with van der Waals surface area (Å²) >= 11 is 0. The molecule has 0 fully saturated rings. The van der Waals surface area contributed by atoms with Crippen LogP contribution in [0.15, 0.2) is 6.17 Å². The molecule has 0 unspecified atom stereocenters. The Labute approximate surface area is 78.8 Å². The Hall–Kier alpha value is -1.38. The minimum Gasteiger partial charge on any atom is -0.352 e. The van der Waals surface area contributed by atoms with Gasteiger partial charge in [0.1, 0.15) is 5.82 Å². The molecule has 0 radical (unpaired) electrons. The standard InChI is InChI=1S/C10H13N3/c1-6-10-7(2)13(4)5-9(10)12-8(3)11-6/h5H,1-4H3/i5D. The Kier molecular flexibility index (Phi) is 1.39. The number of rotatable bonds is 0. The van der Waals surface area contributed by atoms with Gasteiger partial charge in [-0.05, 0) is 20.8 Å². The van der Waals surface area contributed by atoms with Crippen LogP contribution in [-0.2, 0) is 7.05 Å². The van der Waals surface area contributed by atoms with E-state index < -0.39 is 0 Å². The highest BCUT2D eigenvalue weighted by Crippen LogP contribution is 2.20. The second-order valence-corrected chi connectivity index (χ2v) is 3.34. The average Bonchev–Trinajstić information content (AvgIpc) is 2.31. The van der Waals surface area contributed by atoms with Gasteiger partial charge in [-0.3, -0.25) is 0 Å². The van der Waals surface area contributed by atoms with E-state index in [1.807, 2.05) is 32.4 Å². The smallest absolute Gasteiger partial charge is 0.126 e. The van der Waals surface area contributed by atoms with Crippen molar-refractivity contribution in [2.45, 2.75) is 20.8 Å². The molecule has 2 rings (SSSR count). The molecule has 0 aromatic carbocycles. The van der Waals surface area contributed by atoms with Gasteiger partial charge in [0, 0.05) is 24.3 Å². The Morgan fingerprint density at radius 3 is 2.69 bits per heavy atom. The van der Waals surface area contributed by atoms with Gasteiger partial charge in [-0.2, -0.15) is 0 Å². The topological polar surface area (TPSA) is 30.7 Å². The monoisotopic (exact) mass is 176 g/mol. The van der Waals surface area contributed by atoms with Crippen molar-refractivity contribution in [1.29, 1.82) is 0 Å². The maximum Gasteiger partial charge on any atom is 0.126 e. The van der Waals surface area contributed by atoms with Gasteiger partial charge in [0.05, 0.1) is 12.6 Å². The molecule has 0 bridgehead atoms. The molecule has 0 amide bonds. The molecule has 2 heterocycles. The van der Waals surface area contributed by atoms with Crippen LogP contribution in [0.4, 0.5) is 0 Å². The van der Waals surface area contributed by atoms with E-state index in [1.54, 1.807) is 0 Å². The molecule has 3 nitrogen and oxygen atoms in total. The normalized spacial score (nSPS) is 12.2. The Bertz CT molecular complexity index is 514. The fourth-order valence-corrected chi connectivity index (χ4v) is 1.64. The van der Waals surface area contributed by atoms with Crippen LogP contribution >= 0.6 is 0 Å². The molecule has 0 aliphatic carbocycles. The van der Waals surface area contributed by atoms with Gasteiger partial charge in [0.25, 0.3) is 0 Å². The molecule has 0 atom stereocenters. The maximum atomic E-state index is 7.88. The van der Waals surface area contributed by atoms with Crippen molar-refractivity contribution in [1.82, 2.24) is 14.5 Å². The third kappa shape index (κ3) is 1.11. The molecule has 0 aliphatic heterocycles. The first-order valence-electron chi connectivity index (χ1n) is 4.79. The highest BCUT2D eigenvalue weighted by atomic mass is 15.0. The third-order valence-corrected chi connectivity index (χ3v) is 2.34. The molecule has 3 heteroatoms. The lowest BCUT2D eigenvalue weighted by Gasteiger charge is -1.98. The molecule has 0 N–H and O–H groups in total. The summed E-state index contributed by atoms with van der Waals surface area (Å²) in [4.78, 5) is 8.61. The molecule has 2 aromatic rings. The highest BCUT2D eigenvalue weighted by Gasteiger charge is 2.07. The summed E-state index contributed by atoms with van der Waals surface area (Å²) in [5.41, 5.74) is 2.77. The molecule has 0 saturated heterocycles. The van der Waals surface area contributed by atoms with Gasteiger partial charge < -0.3 is 4.57 Å². The number of aryl methyl sites for hydroxylation is 3. The zero-order valence-corrected chi connectivity index (χ0v) is 8.34. The van der Waals surface area contributed by atoms with Crippen LogP contribution in [0.3, 0.4) is 0 Å². The van der Waals surface area contributed by atoms with E-state index in [-0.39, 0.29) is 0 Å². The van der Waals surface area contributed by atoms with Crippen molar-refractivity contribution in [3.05, 3.63) is 23.4 Å². The van der Waals surface area contributed by atoms with E-state index >= 15 is 0 Å². The van der Waals surface area contributed by atoms with E-state index in [0.29, 0.717) is 6.17 Å². The van der Waals surface area contributed by atoms with Gasteiger partial charge in [-0.1, -0.05) is 0 Å². The zero-order chi connectivity index (χ0) is 10.5. The lowest BCUT2D eigenvalue weighted by Crippen LogP contribution is -1.92. The minimum absolute atomic E-state index is 0.464. The van der Waals surface area contributed by atoms with Gasteiger partial charge in [0.2, 0.25) is 0 Å². The first-order valence-corrected chi connectivity index (χ1v) is 4.29. The third-order valence-electron chi connectivity index (χ3n) is 2.34. The van der Waals surface area contributed by atoms with E-state index in [9.17, 15) is 0 Å². The van der Waals surface area contributed by atoms with Gasteiger partial charge in [-0.15, -0.1) is 0 Å². The SMILES string of the molecule is [2H]c1c2nc(C)nc(C)c2c(C)n1C. The molecule has 2 aromatic heterocycles. The molecule has 0 spiro atoms. The fraction of sp³-hybridized carbons (Fsp3) is 0.400. The van der Waals surface area contributed by atoms with Gasteiger partial charge in [-0.25, -0.2) is 9.97 Å². The second kappa shape index (κ2) is 2.55. The summed E-state index contributed by atoms with van der Waals surface area (Å²) in [6.45, 7) is 5.81. The van der Waals surface area contributed by atoms with Crippen molar-refractivity contribution < 1.29 is 1.37 Å². The molecule has 13 heavy (non-hydrogen) atoms. The second-order valence-electron chi connectivity index (χ2n) is 3.34. The predicted molar refractivity (Wildman–Crippen MR) is 52.7 cm³/mol. The Balaban J connectivity index is 3.02. The van der Waals surface area contributed by atoms with Crippen LogP contribution < -0.4 is 0 Å². The lowest BCUT2D eigenvalue weighted by atomic mass is 10.2. The Morgan fingerprint density at radius 2 is 2.00 bits per heavy atom. The summed E-state index contributed by atoms with van der Waals surface area (Å²) in [6.07, 6.45) is 0.464. The molecular formula is C10H13N3. The van der Waals surface area contributed by atoms with Crippen LogP contribution in [0, 0.1) is 20.8 Å². The summed E-state index contributed by atoms with van der Waals surface area (Å²) in [5.74, 6) is 0.731. The van der Waals surface area contributed by atoms with Crippen LogP contribution in [0.1, 0.15) is 18.6 Å². The van der Waals surface area contributed by atoms with Crippen molar-refractivity contribution in [3.63, 3.8) is 0 Å². The molecule has 0 saturated carbocycles. The van der Waals surface area contributed by atoms with Crippen LogP contribution in [0.5, 0.6) is 0 Å². The van der Waals surface area contributed by atoms with Crippen molar-refractivity contribution >= 4 is 10.9 Å². The molecule has 0 aliphatic rings. The van der Waals surface area contributed by atoms with Crippen LogP contribution in [-0.4, -0.2) is 14.5 Å². The first-order chi connectivity index (χ1) is 6.52. The fourth-order valence-electron chi connectivity index (χ4n) is 1.64. The summed E-state index contributed by atoms with van der Waals surface area (Å²) in [5, 5.41) is 1.02. The number of fused-ring (bicyclic) bond motifs is 1. The predicted octanol–water partition coefficient (Wildman–Crippen LogP) is 1.89. The average molecular weight is 176 g/mol. The van der Waals surface area contributed by atoms with Crippen molar-refractivity contribution in [3.8, 4) is 0 Å². The molecular weight excluding hydrogens is 162 g/mol. The number of hydrogen-bond donors (Lipinski definition) is 0. The number of aromatic nitrogens is 3.